The summed E-state index contributed by atoms with van der Waals surface area (Å²) in [6, 6.07) is 12.8. The summed E-state index contributed by atoms with van der Waals surface area (Å²) in [6.45, 7) is 0.593. The Balaban J connectivity index is 1.99. The van der Waals surface area contributed by atoms with Crippen molar-refractivity contribution < 1.29 is 19.1 Å². The van der Waals surface area contributed by atoms with Crippen LogP contribution in [-0.2, 0) is 16.1 Å². The van der Waals surface area contributed by atoms with Gasteiger partial charge < -0.3 is 19.6 Å². The highest BCUT2D eigenvalue weighted by Crippen LogP contribution is 2.28. The van der Waals surface area contributed by atoms with Crippen molar-refractivity contribution >= 4 is 27.5 Å². The Morgan fingerprint density at radius 2 is 1.93 bits per heavy atom. The van der Waals surface area contributed by atoms with Crippen molar-refractivity contribution in [3.63, 3.8) is 0 Å². The zero-order valence-corrected chi connectivity index (χ0v) is 17.3. The molecule has 1 amide bonds. The van der Waals surface area contributed by atoms with Gasteiger partial charge in [0.25, 0.3) is 5.91 Å². The molecule has 0 aliphatic carbocycles. The number of carbonyl (C=O) groups excluding carboxylic acids is 1. The molecule has 0 atom stereocenters. The third kappa shape index (κ3) is 6.03. The quantitative estimate of drug-likeness (QED) is 0.366. The summed E-state index contributed by atoms with van der Waals surface area (Å²) in [5.74, 6) is 3.28. The first kappa shape index (κ1) is 21.3. The smallest absolute Gasteiger partial charge is 0.273 e. The van der Waals surface area contributed by atoms with Crippen LogP contribution >= 0.6 is 15.9 Å². The molecular formula is C21H21BrN2O4. The fourth-order valence-corrected chi connectivity index (χ4v) is 2.70. The standard InChI is InChI=1S/C21H21BrN2O4/c1-4-13-28-18-10-5-15(14-19(18)26-2)11-12-23-21(25)20(24-27-3)16-6-8-17(22)9-7-16/h1,5-10,14H,11-13H2,2-3H3,(H,23,25). The van der Waals surface area contributed by atoms with Gasteiger partial charge in [-0.3, -0.25) is 4.79 Å². The van der Waals surface area contributed by atoms with Gasteiger partial charge in [-0.05, 0) is 36.2 Å². The minimum atomic E-state index is -0.315. The summed E-state index contributed by atoms with van der Waals surface area (Å²) in [7, 11) is 2.97. The lowest BCUT2D eigenvalue weighted by Gasteiger charge is -2.11. The summed E-state index contributed by atoms with van der Waals surface area (Å²) < 4.78 is 11.7. The van der Waals surface area contributed by atoms with Gasteiger partial charge in [0.2, 0.25) is 0 Å². The van der Waals surface area contributed by atoms with Crippen LogP contribution in [0, 0.1) is 12.3 Å². The molecule has 0 heterocycles. The minimum Gasteiger partial charge on any atom is -0.493 e. The fraction of sp³-hybridized carbons (Fsp3) is 0.238. The van der Waals surface area contributed by atoms with Gasteiger partial charge in [0.05, 0.1) is 7.11 Å². The maximum Gasteiger partial charge on any atom is 0.273 e. The number of ether oxygens (including phenoxy) is 2. The average molecular weight is 445 g/mol. The van der Waals surface area contributed by atoms with E-state index in [-0.39, 0.29) is 18.2 Å². The molecule has 2 rings (SSSR count). The van der Waals surface area contributed by atoms with E-state index in [9.17, 15) is 4.79 Å². The van der Waals surface area contributed by atoms with Crippen molar-refractivity contribution in [3.8, 4) is 23.8 Å². The number of terminal acetylenes is 1. The number of nitrogens with one attached hydrogen (secondary N) is 1. The van der Waals surface area contributed by atoms with Crippen molar-refractivity contribution in [3.05, 3.63) is 58.1 Å². The van der Waals surface area contributed by atoms with Crippen LogP contribution in [0.25, 0.3) is 0 Å². The number of rotatable bonds is 9. The Morgan fingerprint density at radius 3 is 2.57 bits per heavy atom. The molecular weight excluding hydrogens is 424 g/mol. The summed E-state index contributed by atoms with van der Waals surface area (Å²) in [5.41, 5.74) is 1.86. The maximum absolute atomic E-state index is 12.5. The number of hydrogen-bond donors (Lipinski definition) is 1. The van der Waals surface area contributed by atoms with E-state index in [0.717, 1.165) is 10.0 Å². The van der Waals surface area contributed by atoms with Crippen LogP contribution in [0.3, 0.4) is 0 Å². The van der Waals surface area contributed by atoms with Gasteiger partial charge in [0, 0.05) is 16.6 Å². The number of nitrogens with zero attached hydrogens (tertiary/aromatic N) is 1. The summed E-state index contributed by atoms with van der Waals surface area (Å²) in [5, 5.41) is 6.71. The first-order chi connectivity index (χ1) is 13.6. The molecule has 146 valence electrons. The van der Waals surface area contributed by atoms with Gasteiger partial charge in [-0.1, -0.05) is 45.2 Å². The van der Waals surface area contributed by atoms with E-state index >= 15 is 0 Å². The first-order valence-electron chi connectivity index (χ1n) is 8.47. The lowest BCUT2D eigenvalue weighted by atomic mass is 10.1. The predicted octanol–water partition coefficient (Wildman–Crippen LogP) is 3.18. The molecule has 0 saturated heterocycles. The van der Waals surface area contributed by atoms with Gasteiger partial charge >= 0.3 is 0 Å². The molecule has 2 aromatic carbocycles. The van der Waals surface area contributed by atoms with Crippen LogP contribution in [0.5, 0.6) is 11.5 Å². The monoisotopic (exact) mass is 444 g/mol. The van der Waals surface area contributed by atoms with E-state index in [2.05, 4.69) is 32.3 Å². The van der Waals surface area contributed by atoms with E-state index in [4.69, 9.17) is 20.7 Å². The van der Waals surface area contributed by atoms with Crippen molar-refractivity contribution in [2.45, 2.75) is 6.42 Å². The predicted molar refractivity (Wildman–Crippen MR) is 112 cm³/mol. The van der Waals surface area contributed by atoms with E-state index in [0.29, 0.717) is 30.0 Å². The highest BCUT2D eigenvalue weighted by molar-refractivity contribution is 9.10. The SMILES string of the molecule is C#CCOc1ccc(CCNC(=O)C(=NOC)c2ccc(Br)cc2)cc1OC. The summed E-state index contributed by atoms with van der Waals surface area (Å²) >= 11 is 3.37. The molecule has 28 heavy (non-hydrogen) atoms. The third-order valence-corrected chi connectivity index (χ3v) is 4.28. The minimum absolute atomic E-state index is 0.170. The topological polar surface area (TPSA) is 69.2 Å². The van der Waals surface area contributed by atoms with Gasteiger partial charge in [0.1, 0.15) is 13.7 Å². The zero-order valence-electron chi connectivity index (χ0n) is 15.7. The number of methoxy groups -OCH3 is 1. The number of benzene rings is 2. The van der Waals surface area contributed by atoms with Crippen molar-refractivity contribution in [2.24, 2.45) is 5.16 Å². The van der Waals surface area contributed by atoms with Crippen LogP contribution in [0.4, 0.5) is 0 Å². The van der Waals surface area contributed by atoms with Gasteiger partial charge in [0.15, 0.2) is 17.2 Å². The van der Waals surface area contributed by atoms with Crippen LogP contribution in [0.15, 0.2) is 52.1 Å². The Bertz CT molecular complexity index is 873. The molecule has 0 spiro atoms. The Kier molecular flexibility index (Phi) is 8.37. The van der Waals surface area contributed by atoms with Crippen molar-refractivity contribution in [1.29, 1.82) is 0 Å². The van der Waals surface area contributed by atoms with E-state index in [1.165, 1.54) is 7.11 Å². The van der Waals surface area contributed by atoms with Crippen LogP contribution in [-0.4, -0.2) is 39.0 Å². The molecule has 6 nitrogen and oxygen atoms in total. The number of carbonyl (C=O) groups is 1. The van der Waals surface area contributed by atoms with Gasteiger partial charge in [-0.2, -0.15) is 0 Å². The van der Waals surface area contributed by atoms with Gasteiger partial charge in [-0.15, -0.1) is 6.42 Å². The van der Waals surface area contributed by atoms with Gasteiger partial charge in [-0.25, -0.2) is 0 Å². The van der Waals surface area contributed by atoms with Crippen LogP contribution in [0.1, 0.15) is 11.1 Å². The average Bonchev–Trinajstić information content (AvgIpc) is 2.71. The molecule has 0 aliphatic rings. The molecule has 1 N–H and O–H groups in total. The molecule has 7 heteroatoms. The molecule has 0 saturated carbocycles. The highest BCUT2D eigenvalue weighted by Gasteiger charge is 2.15. The second-order valence-electron chi connectivity index (χ2n) is 5.61. The molecule has 0 aliphatic heterocycles. The van der Waals surface area contributed by atoms with Crippen LogP contribution < -0.4 is 14.8 Å². The molecule has 0 bridgehead atoms. The van der Waals surface area contributed by atoms with E-state index in [1.54, 1.807) is 25.3 Å². The molecule has 2 aromatic rings. The first-order valence-corrected chi connectivity index (χ1v) is 9.26. The molecule has 0 radical (unpaired) electrons. The van der Waals surface area contributed by atoms with Crippen LogP contribution in [0.2, 0.25) is 0 Å². The van der Waals surface area contributed by atoms with Crippen molar-refractivity contribution in [2.75, 3.05) is 27.4 Å². The maximum atomic E-state index is 12.5. The third-order valence-electron chi connectivity index (χ3n) is 3.75. The lowest BCUT2D eigenvalue weighted by Crippen LogP contribution is -2.33. The Labute approximate surface area is 173 Å². The fourth-order valence-electron chi connectivity index (χ4n) is 2.43. The summed E-state index contributed by atoms with van der Waals surface area (Å²) in [4.78, 5) is 17.3. The highest BCUT2D eigenvalue weighted by atomic mass is 79.9. The Morgan fingerprint density at radius 1 is 1.18 bits per heavy atom. The zero-order chi connectivity index (χ0) is 20.4. The molecule has 0 fully saturated rings. The second-order valence-corrected chi connectivity index (χ2v) is 6.53. The lowest BCUT2D eigenvalue weighted by molar-refractivity contribution is -0.114. The van der Waals surface area contributed by atoms with Crippen molar-refractivity contribution in [1.82, 2.24) is 5.32 Å². The molecule has 0 aromatic heterocycles. The number of hydrogen-bond acceptors (Lipinski definition) is 5. The number of halogens is 1. The summed E-state index contributed by atoms with van der Waals surface area (Å²) in [6.07, 6.45) is 5.82. The van der Waals surface area contributed by atoms with E-state index in [1.807, 2.05) is 24.3 Å². The molecule has 0 unspecified atom stereocenters. The van der Waals surface area contributed by atoms with E-state index < -0.39 is 0 Å². The number of amides is 1. The largest absolute Gasteiger partial charge is 0.493 e. The Hall–Kier alpha value is -2.98. The number of oxime groups is 1. The second kappa shape index (κ2) is 11.0. The normalized spacial score (nSPS) is 10.7.